The SMILES string of the molecule is CCCn1nnc(-c2ccc(C(=O)O)c(N)c2)n1. The number of aryl methyl sites for hydroxylation is 1. The van der Waals surface area contributed by atoms with Crippen molar-refractivity contribution in [3.8, 4) is 11.4 Å². The number of nitrogens with two attached hydrogens (primary N) is 1. The summed E-state index contributed by atoms with van der Waals surface area (Å²) in [4.78, 5) is 12.3. The fourth-order valence-electron chi connectivity index (χ4n) is 1.55. The van der Waals surface area contributed by atoms with Gasteiger partial charge in [0.1, 0.15) is 0 Å². The Hall–Kier alpha value is -2.44. The first-order valence-electron chi connectivity index (χ1n) is 5.52. The summed E-state index contributed by atoms with van der Waals surface area (Å²) in [5.74, 6) is -0.617. The summed E-state index contributed by atoms with van der Waals surface area (Å²) in [6.07, 6.45) is 0.913. The van der Waals surface area contributed by atoms with Crippen LogP contribution in [0.25, 0.3) is 11.4 Å². The van der Waals surface area contributed by atoms with Crippen molar-refractivity contribution < 1.29 is 9.90 Å². The van der Waals surface area contributed by atoms with Crippen LogP contribution in [-0.4, -0.2) is 31.3 Å². The lowest BCUT2D eigenvalue weighted by Crippen LogP contribution is -2.02. The highest BCUT2D eigenvalue weighted by Crippen LogP contribution is 2.20. The zero-order valence-electron chi connectivity index (χ0n) is 9.87. The maximum Gasteiger partial charge on any atom is 0.337 e. The molecule has 0 unspecified atom stereocenters. The number of hydrogen-bond acceptors (Lipinski definition) is 5. The van der Waals surface area contributed by atoms with E-state index in [1.54, 1.807) is 6.07 Å². The molecule has 0 atom stereocenters. The molecule has 7 heteroatoms. The second-order valence-corrected chi connectivity index (χ2v) is 3.82. The van der Waals surface area contributed by atoms with E-state index in [2.05, 4.69) is 15.4 Å². The molecule has 0 saturated heterocycles. The van der Waals surface area contributed by atoms with Crippen molar-refractivity contribution in [2.24, 2.45) is 0 Å². The molecule has 1 aromatic heterocycles. The highest BCUT2D eigenvalue weighted by Gasteiger charge is 2.11. The molecular formula is C11H13N5O2. The smallest absolute Gasteiger partial charge is 0.337 e. The Morgan fingerprint density at radius 3 is 2.89 bits per heavy atom. The number of carboxylic acid groups (broad SMARTS) is 1. The summed E-state index contributed by atoms with van der Waals surface area (Å²) < 4.78 is 0. The normalized spacial score (nSPS) is 10.5. The fraction of sp³-hybridized carbons (Fsp3) is 0.273. The van der Waals surface area contributed by atoms with E-state index in [9.17, 15) is 4.79 Å². The van der Waals surface area contributed by atoms with E-state index >= 15 is 0 Å². The number of hydrogen-bond donors (Lipinski definition) is 2. The van der Waals surface area contributed by atoms with Crippen molar-refractivity contribution in [2.45, 2.75) is 19.9 Å². The van der Waals surface area contributed by atoms with Gasteiger partial charge in [-0.15, -0.1) is 10.2 Å². The van der Waals surface area contributed by atoms with Crippen molar-refractivity contribution in [1.82, 2.24) is 20.2 Å². The van der Waals surface area contributed by atoms with Gasteiger partial charge in [0.2, 0.25) is 5.82 Å². The topological polar surface area (TPSA) is 107 Å². The first-order valence-corrected chi connectivity index (χ1v) is 5.52. The first kappa shape index (κ1) is 12.0. The Morgan fingerprint density at radius 2 is 2.28 bits per heavy atom. The van der Waals surface area contributed by atoms with E-state index in [-0.39, 0.29) is 11.3 Å². The lowest BCUT2D eigenvalue weighted by molar-refractivity contribution is 0.0698. The second-order valence-electron chi connectivity index (χ2n) is 3.82. The maximum absolute atomic E-state index is 10.8. The molecule has 0 fully saturated rings. The maximum atomic E-state index is 10.8. The van der Waals surface area contributed by atoms with Crippen LogP contribution < -0.4 is 5.73 Å². The minimum absolute atomic E-state index is 0.0692. The van der Waals surface area contributed by atoms with E-state index in [1.165, 1.54) is 16.9 Å². The standard InChI is InChI=1S/C11H13N5O2/c1-2-5-16-14-10(13-15-16)7-3-4-8(11(17)18)9(12)6-7/h3-4,6H,2,5,12H2,1H3,(H,17,18). The van der Waals surface area contributed by atoms with Gasteiger partial charge in [-0.25, -0.2) is 4.79 Å². The van der Waals surface area contributed by atoms with Gasteiger partial charge in [-0.3, -0.25) is 0 Å². The van der Waals surface area contributed by atoms with Crippen LogP contribution in [0.2, 0.25) is 0 Å². The number of benzene rings is 1. The molecule has 2 rings (SSSR count). The number of carboxylic acids is 1. The van der Waals surface area contributed by atoms with Gasteiger partial charge >= 0.3 is 5.97 Å². The molecule has 0 aliphatic carbocycles. The van der Waals surface area contributed by atoms with Crippen LogP contribution in [0.5, 0.6) is 0 Å². The minimum Gasteiger partial charge on any atom is -0.478 e. The highest BCUT2D eigenvalue weighted by molar-refractivity contribution is 5.94. The van der Waals surface area contributed by atoms with Gasteiger partial charge in [-0.05, 0) is 23.8 Å². The molecule has 0 radical (unpaired) electrons. The summed E-state index contributed by atoms with van der Waals surface area (Å²) in [6, 6.07) is 4.59. The van der Waals surface area contributed by atoms with Crippen LogP contribution in [0.1, 0.15) is 23.7 Å². The minimum atomic E-state index is -1.05. The molecule has 0 amide bonds. The number of nitrogens with zero attached hydrogens (tertiary/aromatic N) is 4. The summed E-state index contributed by atoms with van der Waals surface area (Å²) in [5, 5.41) is 20.8. The number of anilines is 1. The predicted molar refractivity (Wildman–Crippen MR) is 64.9 cm³/mol. The molecule has 3 N–H and O–H groups in total. The molecule has 1 aromatic carbocycles. The molecule has 0 bridgehead atoms. The van der Waals surface area contributed by atoms with Gasteiger partial charge in [0.15, 0.2) is 0 Å². The largest absolute Gasteiger partial charge is 0.478 e. The van der Waals surface area contributed by atoms with Crippen molar-refractivity contribution in [3.63, 3.8) is 0 Å². The van der Waals surface area contributed by atoms with Gasteiger partial charge in [0, 0.05) is 11.3 Å². The highest BCUT2D eigenvalue weighted by atomic mass is 16.4. The summed E-state index contributed by atoms with van der Waals surface area (Å²) >= 11 is 0. The second kappa shape index (κ2) is 4.82. The molecule has 94 valence electrons. The lowest BCUT2D eigenvalue weighted by atomic mass is 10.1. The molecule has 0 aliphatic rings. The Bertz CT molecular complexity index is 579. The molecule has 1 heterocycles. The quantitative estimate of drug-likeness (QED) is 0.781. The van der Waals surface area contributed by atoms with Gasteiger partial charge in [-0.2, -0.15) is 4.80 Å². The van der Waals surface area contributed by atoms with Crippen molar-refractivity contribution in [3.05, 3.63) is 23.8 Å². The monoisotopic (exact) mass is 247 g/mol. The predicted octanol–water partition coefficient (Wildman–Crippen LogP) is 1.03. The van der Waals surface area contributed by atoms with Crippen LogP contribution in [0.15, 0.2) is 18.2 Å². The van der Waals surface area contributed by atoms with E-state index in [1.807, 2.05) is 6.92 Å². The molecule has 18 heavy (non-hydrogen) atoms. The Labute approximate surface area is 103 Å². The summed E-state index contributed by atoms with van der Waals surface area (Å²) in [5.41, 5.74) is 6.57. The van der Waals surface area contributed by atoms with E-state index in [4.69, 9.17) is 10.8 Å². The number of nitrogen functional groups attached to an aromatic ring is 1. The van der Waals surface area contributed by atoms with E-state index in [0.717, 1.165) is 6.42 Å². The average molecular weight is 247 g/mol. The van der Waals surface area contributed by atoms with Gasteiger partial charge in [-0.1, -0.05) is 13.0 Å². The molecule has 2 aromatic rings. The van der Waals surface area contributed by atoms with E-state index < -0.39 is 5.97 Å². The Balaban J connectivity index is 2.33. The zero-order chi connectivity index (χ0) is 13.1. The lowest BCUT2D eigenvalue weighted by Gasteiger charge is -2.01. The molecular weight excluding hydrogens is 234 g/mol. The molecule has 0 saturated carbocycles. The number of aromatic carboxylic acids is 1. The third kappa shape index (κ3) is 2.29. The van der Waals surface area contributed by atoms with Crippen LogP contribution in [0, 0.1) is 0 Å². The van der Waals surface area contributed by atoms with Gasteiger partial charge in [0.05, 0.1) is 12.1 Å². The molecule has 0 spiro atoms. The average Bonchev–Trinajstić information content (AvgIpc) is 2.77. The molecule has 7 nitrogen and oxygen atoms in total. The molecule has 0 aliphatic heterocycles. The third-order valence-corrected chi connectivity index (χ3v) is 2.42. The zero-order valence-corrected chi connectivity index (χ0v) is 9.87. The van der Waals surface area contributed by atoms with Crippen molar-refractivity contribution in [2.75, 3.05) is 5.73 Å². The van der Waals surface area contributed by atoms with Crippen LogP contribution in [0.4, 0.5) is 5.69 Å². The van der Waals surface area contributed by atoms with Crippen molar-refractivity contribution in [1.29, 1.82) is 0 Å². The van der Waals surface area contributed by atoms with Crippen LogP contribution in [-0.2, 0) is 6.54 Å². The number of rotatable bonds is 4. The third-order valence-electron chi connectivity index (χ3n) is 2.42. The Morgan fingerprint density at radius 1 is 1.50 bits per heavy atom. The number of carbonyl (C=O) groups is 1. The van der Waals surface area contributed by atoms with E-state index in [0.29, 0.717) is 17.9 Å². The Kier molecular flexibility index (Phi) is 3.22. The number of tetrazole rings is 1. The first-order chi connectivity index (χ1) is 8.61. The van der Waals surface area contributed by atoms with Crippen molar-refractivity contribution >= 4 is 11.7 Å². The van der Waals surface area contributed by atoms with Crippen LogP contribution >= 0.6 is 0 Å². The van der Waals surface area contributed by atoms with Gasteiger partial charge in [0.25, 0.3) is 0 Å². The van der Waals surface area contributed by atoms with Gasteiger partial charge < -0.3 is 10.8 Å². The fourth-order valence-corrected chi connectivity index (χ4v) is 1.55. The van der Waals surface area contributed by atoms with Crippen LogP contribution in [0.3, 0.4) is 0 Å². The number of aromatic nitrogens is 4. The summed E-state index contributed by atoms with van der Waals surface area (Å²) in [7, 11) is 0. The summed E-state index contributed by atoms with van der Waals surface area (Å²) in [6.45, 7) is 2.71.